The molecule has 0 aliphatic carbocycles. The van der Waals surface area contributed by atoms with Crippen LogP contribution in [0.4, 0.5) is 0 Å². The monoisotopic (exact) mass is 1190 g/mol. The number of carbonyl (C=O) groups is 11. The number of rotatable bonds is 15. The first-order valence-corrected chi connectivity index (χ1v) is 29.9. The molecule has 1 aliphatic rings. The fraction of sp³-hybridized carbons (Fsp3) is 0.783. The second-order valence-corrected chi connectivity index (χ2v) is 25.0. The van der Waals surface area contributed by atoms with Gasteiger partial charge in [0.25, 0.3) is 0 Å². The van der Waals surface area contributed by atoms with Crippen LogP contribution >= 0.6 is 0 Å². The van der Waals surface area contributed by atoms with Crippen molar-refractivity contribution in [3.8, 4) is 0 Å². The molecular formula is C60H108N12O12. The fourth-order valence-corrected chi connectivity index (χ4v) is 10.5. The van der Waals surface area contributed by atoms with Gasteiger partial charge in [-0.3, -0.25) is 52.7 Å². The summed E-state index contributed by atoms with van der Waals surface area (Å²) in [6.07, 6.45) is 2.77. The minimum absolute atomic E-state index is 0.00881. The fourth-order valence-electron chi connectivity index (χ4n) is 10.5. The van der Waals surface area contributed by atoms with Crippen LogP contribution in [0.1, 0.15) is 142 Å². The smallest absolute Gasteiger partial charge is 0.246 e. The van der Waals surface area contributed by atoms with Gasteiger partial charge in [0.2, 0.25) is 65.0 Å². The zero-order valence-electron chi connectivity index (χ0n) is 54.8. The lowest BCUT2D eigenvalue weighted by Gasteiger charge is -2.41. The van der Waals surface area contributed by atoms with Gasteiger partial charge in [0, 0.05) is 49.3 Å². The van der Waals surface area contributed by atoms with Gasteiger partial charge in [0.05, 0.1) is 12.6 Å². The Morgan fingerprint density at radius 2 is 0.964 bits per heavy atom. The highest BCUT2D eigenvalue weighted by Crippen LogP contribution is 2.25. The van der Waals surface area contributed by atoms with E-state index in [0.717, 1.165) is 14.7 Å². The third-order valence-corrected chi connectivity index (χ3v) is 15.8. The van der Waals surface area contributed by atoms with Crippen LogP contribution in [0.15, 0.2) is 12.2 Å². The van der Waals surface area contributed by atoms with Crippen molar-refractivity contribution in [1.82, 2.24) is 55.6 Å². The SMILES string of the molecule is C/C=C/C[C@@H](C)[C@@H](O)[C@H]1C(=O)N[C@@H](CC)C(=O)N(C)CC(=O)N(C)[C@@H](CCN)C(=O)N[C@@H](C(C)C)C(=O)N(C)[C@@H](CC(C)C)C(=O)N[C@@H](C)C(=O)N[C@@H](C)C(=O)N(C)[C@@H](CC(C)C)C(=O)N(C)[C@@H](CC(C)C)C(=O)N(C)[C@@H](C(C)C)C(=O)N1C. The molecule has 0 aromatic carbocycles. The van der Waals surface area contributed by atoms with Gasteiger partial charge >= 0.3 is 0 Å². The third-order valence-electron chi connectivity index (χ3n) is 15.8. The summed E-state index contributed by atoms with van der Waals surface area (Å²) in [5.74, 6) is -9.87. The largest absolute Gasteiger partial charge is 0.390 e. The number of aliphatic hydroxyl groups excluding tert-OH is 1. The van der Waals surface area contributed by atoms with E-state index in [9.17, 15) is 48.3 Å². The molecule has 0 saturated carbocycles. The average Bonchev–Trinajstić information content (AvgIpc) is 3.46. The maximum Gasteiger partial charge on any atom is 0.246 e. The van der Waals surface area contributed by atoms with Crippen molar-refractivity contribution in [2.75, 3.05) is 62.4 Å². The van der Waals surface area contributed by atoms with E-state index in [4.69, 9.17) is 5.73 Å². The van der Waals surface area contributed by atoms with Crippen LogP contribution in [-0.2, 0) is 52.7 Å². The predicted octanol–water partition coefficient (Wildman–Crippen LogP) is 1.57. The van der Waals surface area contributed by atoms with Crippen LogP contribution in [0.2, 0.25) is 0 Å². The van der Waals surface area contributed by atoms with Crippen molar-refractivity contribution in [1.29, 1.82) is 0 Å². The minimum Gasteiger partial charge on any atom is -0.390 e. The van der Waals surface area contributed by atoms with Gasteiger partial charge in [-0.1, -0.05) is 95.2 Å². The highest BCUT2D eigenvalue weighted by Gasteiger charge is 2.45. The third kappa shape index (κ3) is 20.8. The Balaban J connectivity index is 4.29. The molecule has 1 aliphatic heterocycles. The number of nitrogens with one attached hydrogen (secondary N) is 4. The highest BCUT2D eigenvalue weighted by molar-refractivity contribution is 5.99. The molecule has 0 spiro atoms. The summed E-state index contributed by atoms with van der Waals surface area (Å²) < 4.78 is 0. The van der Waals surface area contributed by atoms with E-state index in [1.165, 1.54) is 82.8 Å². The molecular weight excluding hydrogens is 1080 g/mol. The Morgan fingerprint density at radius 3 is 1.43 bits per heavy atom. The lowest BCUT2D eigenvalue weighted by atomic mass is 9.91. The van der Waals surface area contributed by atoms with Gasteiger partial charge in [-0.25, -0.2) is 0 Å². The number of aliphatic hydroxyl groups is 1. The maximum absolute atomic E-state index is 15.1. The first-order chi connectivity index (χ1) is 38.9. The Bertz CT molecular complexity index is 2290. The summed E-state index contributed by atoms with van der Waals surface area (Å²) >= 11 is 0. The molecule has 0 unspecified atom stereocenters. The number of amides is 11. The molecule has 11 amide bonds. The van der Waals surface area contributed by atoms with E-state index in [0.29, 0.717) is 6.42 Å². The quantitative estimate of drug-likeness (QED) is 0.127. The Labute approximate surface area is 501 Å². The van der Waals surface area contributed by atoms with Gasteiger partial charge in [-0.05, 0) is 101 Å². The second kappa shape index (κ2) is 34.7. The topological polar surface area (TPSA) is 305 Å². The van der Waals surface area contributed by atoms with Crippen molar-refractivity contribution in [2.45, 2.75) is 209 Å². The lowest BCUT2D eigenvalue weighted by Crippen LogP contribution is -2.63. The van der Waals surface area contributed by atoms with E-state index in [1.54, 1.807) is 60.6 Å². The summed E-state index contributed by atoms with van der Waals surface area (Å²) in [5.41, 5.74) is 5.98. The van der Waals surface area contributed by atoms with Crippen LogP contribution < -0.4 is 27.0 Å². The summed E-state index contributed by atoms with van der Waals surface area (Å²) in [6.45, 7) is 25.4. The molecule has 1 fully saturated rings. The Hall–Kier alpha value is -6.17. The van der Waals surface area contributed by atoms with Crippen molar-refractivity contribution in [3.05, 3.63) is 12.2 Å². The van der Waals surface area contributed by atoms with Gasteiger partial charge in [0.1, 0.15) is 60.4 Å². The maximum atomic E-state index is 15.1. The number of allylic oxidation sites excluding steroid dienone is 2. The molecule has 84 heavy (non-hydrogen) atoms. The van der Waals surface area contributed by atoms with E-state index in [-0.39, 0.29) is 56.4 Å². The lowest BCUT2D eigenvalue weighted by molar-refractivity contribution is -0.157. The molecule has 1 heterocycles. The predicted molar refractivity (Wildman–Crippen MR) is 323 cm³/mol. The zero-order chi connectivity index (χ0) is 65.1. The van der Waals surface area contributed by atoms with Gasteiger partial charge in [-0.15, -0.1) is 0 Å². The number of nitrogens with two attached hydrogens (primary N) is 1. The standard InChI is InChI=1S/C60H108N12O12/c1-23-25-26-38(13)50(74)49-54(78)64-41(24-2)56(80)66(16)32-46(73)67(17)42(27-28-61)52(76)65-47(36(9)10)59(83)68(18)43(29-33(3)4)53(77)62-39(14)51(75)63-40(15)55(79)69(19)44(30-34(5)6)57(81)70(20)45(31-35(7)8)58(82)71(21)48(37(11)12)60(84)72(49)22/h23,25,33-45,47-50,74H,24,26-32,61H2,1-22H3,(H,62,77)(H,63,75)(H,64,78)(H,65,76)/b25-23+/t38-,39+,40+,41+,42+,43+,44+,45+,47+,48+,49+,50-/m1/s1. The molecule has 1 rings (SSSR count). The van der Waals surface area contributed by atoms with E-state index < -0.39 is 156 Å². The van der Waals surface area contributed by atoms with Crippen molar-refractivity contribution in [3.63, 3.8) is 0 Å². The first-order valence-electron chi connectivity index (χ1n) is 29.9. The van der Waals surface area contributed by atoms with Crippen LogP contribution in [0.5, 0.6) is 0 Å². The summed E-state index contributed by atoms with van der Waals surface area (Å²) in [4.78, 5) is 168. The first kappa shape index (κ1) is 75.8. The molecule has 24 nitrogen and oxygen atoms in total. The van der Waals surface area contributed by atoms with Gasteiger partial charge < -0.3 is 66.4 Å². The van der Waals surface area contributed by atoms with Crippen LogP contribution in [0.3, 0.4) is 0 Å². The molecule has 1 saturated heterocycles. The number of hydrogen-bond acceptors (Lipinski definition) is 13. The van der Waals surface area contributed by atoms with Crippen LogP contribution in [-0.4, -0.2) is 233 Å². The summed E-state index contributed by atoms with van der Waals surface area (Å²) in [5, 5.41) is 22.9. The zero-order valence-corrected chi connectivity index (χ0v) is 54.8. The van der Waals surface area contributed by atoms with Crippen molar-refractivity contribution >= 4 is 65.0 Å². The van der Waals surface area contributed by atoms with Crippen molar-refractivity contribution in [2.24, 2.45) is 41.2 Å². The number of hydrogen-bond donors (Lipinski definition) is 6. The second-order valence-electron chi connectivity index (χ2n) is 25.0. The highest BCUT2D eigenvalue weighted by atomic mass is 16.3. The van der Waals surface area contributed by atoms with Crippen LogP contribution in [0.25, 0.3) is 0 Å². The summed E-state index contributed by atoms with van der Waals surface area (Å²) in [7, 11) is 9.78. The number of carbonyl (C=O) groups excluding carboxylic acids is 11. The van der Waals surface area contributed by atoms with Gasteiger partial charge in [-0.2, -0.15) is 0 Å². The van der Waals surface area contributed by atoms with Gasteiger partial charge in [0.15, 0.2) is 0 Å². The molecule has 0 radical (unpaired) electrons. The molecule has 480 valence electrons. The van der Waals surface area contributed by atoms with E-state index >= 15 is 9.59 Å². The normalized spacial score (nSPS) is 27.0. The number of likely N-dealkylation sites (N-methyl/N-ethyl adjacent to an activating group) is 7. The Kier molecular flexibility index (Phi) is 31.3. The Morgan fingerprint density at radius 1 is 0.512 bits per heavy atom. The molecule has 0 aromatic heterocycles. The average molecular weight is 1190 g/mol. The van der Waals surface area contributed by atoms with Crippen molar-refractivity contribution < 1.29 is 57.8 Å². The molecule has 0 bridgehead atoms. The molecule has 24 heteroatoms. The molecule has 7 N–H and O–H groups in total. The van der Waals surface area contributed by atoms with Crippen LogP contribution in [0, 0.1) is 35.5 Å². The minimum atomic E-state index is -1.62. The summed E-state index contributed by atoms with van der Waals surface area (Å²) in [6, 6.07) is -12.5. The van der Waals surface area contributed by atoms with E-state index in [2.05, 4.69) is 21.3 Å². The molecule has 12 atom stereocenters. The number of nitrogens with zero attached hydrogens (tertiary/aromatic N) is 7. The molecule has 0 aromatic rings. The van der Waals surface area contributed by atoms with E-state index in [1.807, 2.05) is 41.5 Å².